The fraction of sp³-hybridized carbons (Fsp3) is 0.429. The third-order valence-electron chi connectivity index (χ3n) is 3.32. The first-order valence-electron chi connectivity index (χ1n) is 6.85. The number of hydrogen-bond acceptors (Lipinski definition) is 5. The van der Waals surface area contributed by atoms with Crippen LogP contribution in [0.2, 0.25) is 0 Å². The Bertz CT molecular complexity index is 584. The highest BCUT2D eigenvalue weighted by atomic mass is 16.6. The van der Waals surface area contributed by atoms with Gasteiger partial charge < -0.3 is 15.2 Å². The molecule has 0 bridgehead atoms. The van der Waals surface area contributed by atoms with E-state index in [0.29, 0.717) is 12.3 Å². The van der Waals surface area contributed by atoms with Crippen molar-refractivity contribution in [1.29, 1.82) is 0 Å². The largest absolute Gasteiger partial charge is 0.480 e. The predicted octanol–water partition coefficient (Wildman–Crippen LogP) is 1.34. The van der Waals surface area contributed by atoms with Crippen molar-refractivity contribution in [1.82, 2.24) is 5.32 Å². The van der Waals surface area contributed by atoms with E-state index >= 15 is 0 Å². The Hall–Kier alpha value is -2.64. The lowest BCUT2D eigenvalue weighted by Crippen LogP contribution is -2.43. The third kappa shape index (κ3) is 4.44. The molecule has 8 nitrogen and oxygen atoms in total. The predicted molar refractivity (Wildman–Crippen MR) is 75.5 cm³/mol. The summed E-state index contributed by atoms with van der Waals surface area (Å²) in [7, 11) is 0. The lowest BCUT2D eigenvalue weighted by molar-refractivity contribution is -0.385. The summed E-state index contributed by atoms with van der Waals surface area (Å²) in [6.45, 7) is -0.473. The summed E-state index contributed by atoms with van der Waals surface area (Å²) in [6.07, 6.45) is 2.35. The van der Waals surface area contributed by atoms with Gasteiger partial charge in [0.2, 0.25) is 0 Å². The molecule has 1 aliphatic rings. The van der Waals surface area contributed by atoms with Gasteiger partial charge in [-0.15, -0.1) is 0 Å². The molecule has 0 aromatic heterocycles. The summed E-state index contributed by atoms with van der Waals surface area (Å²) in [6, 6.07) is 4.73. The van der Waals surface area contributed by atoms with E-state index in [4.69, 9.17) is 9.84 Å². The fourth-order valence-electron chi connectivity index (χ4n) is 2.02. The van der Waals surface area contributed by atoms with E-state index in [0.717, 1.165) is 12.8 Å². The molecule has 0 heterocycles. The quantitative estimate of drug-likeness (QED) is 0.552. The van der Waals surface area contributed by atoms with Gasteiger partial charge in [0.1, 0.15) is 6.04 Å². The number of carboxylic acids is 1. The molecule has 1 fully saturated rings. The molecule has 118 valence electrons. The number of benzene rings is 1. The van der Waals surface area contributed by atoms with Crippen LogP contribution in [0.4, 0.5) is 5.69 Å². The van der Waals surface area contributed by atoms with E-state index in [1.165, 1.54) is 18.2 Å². The van der Waals surface area contributed by atoms with Gasteiger partial charge in [0.25, 0.3) is 5.91 Å². The molecule has 0 radical (unpaired) electrons. The van der Waals surface area contributed by atoms with Crippen LogP contribution in [0.5, 0.6) is 5.75 Å². The summed E-state index contributed by atoms with van der Waals surface area (Å²) in [5, 5.41) is 22.2. The van der Waals surface area contributed by atoms with E-state index in [-0.39, 0.29) is 11.4 Å². The molecule has 0 spiro atoms. The number of nitro benzene ring substituents is 1. The highest BCUT2D eigenvalue weighted by Crippen LogP contribution is 2.33. The van der Waals surface area contributed by atoms with Gasteiger partial charge in [-0.2, -0.15) is 0 Å². The number of carbonyl (C=O) groups excluding carboxylic acids is 1. The average Bonchev–Trinajstić information content (AvgIpc) is 3.28. The molecule has 0 saturated heterocycles. The molecule has 2 N–H and O–H groups in total. The van der Waals surface area contributed by atoms with Crippen molar-refractivity contribution in [3.63, 3.8) is 0 Å². The lowest BCUT2D eigenvalue weighted by atomic mass is 10.1. The minimum atomic E-state index is -1.09. The smallest absolute Gasteiger partial charge is 0.326 e. The summed E-state index contributed by atoms with van der Waals surface area (Å²) in [5.74, 6) is -1.40. The van der Waals surface area contributed by atoms with Crippen molar-refractivity contribution in [3.05, 3.63) is 34.4 Å². The zero-order valence-electron chi connectivity index (χ0n) is 11.7. The number of nitrogens with zero attached hydrogens (tertiary/aromatic N) is 1. The molecular formula is C14H16N2O6. The molecule has 1 amide bonds. The normalized spacial score (nSPS) is 14.9. The fourth-order valence-corrected chi connectivity index (χ4v) is 2.02. The number of amides is 1. The SMILES string of the molecule is O=C(COc1ccccc1[N+](=O)[O-])NC(CC1CC1)C(=O)O. The first kappa shape index (κ1) is 15.7. The topological polar surface area (TPSA) is 119 Å². The Kier molecular flexibility index (Phi) is 4.92. The minimum Gasteiger partial charge on any atom is -0.480 e. The maximum absolute atomic E-state index is 11.7. The van der Waals surface area contributed by atoms with E-state index < -0.39 is 29.4 Å². The number of carboxylic acid groups (broad SMARTS) is 1. The van der Waals surface area contributed by atoms with Gasteiger partial charge in [-0.05, 0) is 18.4 Å². The molecule has 0 aliphatic heterocycles. The summed E-state index contributed by atoms with van der Waals surface area (Å²) in [4.78, 5) is 33.0. The highest BCUT2D eigenvalue weighted by Gasteiger charge is 2.30. The number of ether oxygens (including phenoxy) is 1. The zero-order valence-corrected chi connectivity index (χ0v) is 11.7. The number of nitro groups is 1. The minimum absolute atomic E-state index is 0.0308. The van der Waals surface area contributed by atoms with E-state index in [1.54, 1.807) is 6.07 Å². The van der Waals surface area contributed by atoms with Gasteiger partial charge in [0.05, 0.1) is 4.92 Å². The van der Waals surface area contributed by atoms with Crippen molar-refractivity contribution >= 4 is 17.6 Å². The number of para-hydroxylation sites is 2. The van der Waals surface area contributed by atoms with Gasteiger partial charge in [-0.1, -0.05) is 25.0 Å². The number of rotatable bonds is 8. The van der Waals surface area contributed by atoms with Crippen LogP contribution in [-0.4, -0.2) is 34.6 Å². The molecule has 1 aromatic rings. The number of hydrogen-bond donors (Lipinski definition) is 2. The van der Waals surface area contributed by atoms with Gasteiger partial charge in [0, 0.05) is 6.07 Å². The van der Waals surface area contributed by atoms with Crippen molar-refractivity contribution in [2.45, 2.75) is 25.3 Å². The monoisotopic (exact) mass is 308 g/mol. The molecule has 1 aliphatic carbocycles. The van der Waals surface area contributed by atoms with Crippen molar-refractivity contribution < 1.29 is 24.4 Å². The third-order valence-corrected chi connectivity index (χ3v) is 3.32. The van der Waals surface area contributed by atoms with E-state index in [1.807, 2.05) is 0 Å². The Labute approximate surface area is 126 Å². The van der Waals surface area contributed by atoms with Crippen LogP contribution in [0.3, 0.4) is 0 Å². The molecular weight excluding hydrogens is 292 g/mol. The van der Waals surface area contributed by atoms with Crippen LogP contribution in [0.25, 0.3) is 0 Å². The van der Waals surface area contributed by atoms with E-state index in [2.05, 4.69) is 5.32 Å². The number of nitrogens with one attached hydrogen (secondary N) is 1. The molecule has 1 saturated carbocycles. The molecule has 2 rings (SSSR count). The van der Waals surface area contributed by atoms with Crippen LogP contribution < -0.4 is 10.1 Å². The van der Waals surface area contributed by atoms with E-state index in [9.17, 15) is 19.7 Å². The standard InChI is InChI=1S/C14H16N2O6/c17-13(15-10(14(18)19)7-9-5-6-9)8-22-12-4-2-1-3-11(12)16(20)21/h1-4,9-10H,5-8H2,(H,15,17)(H,18,19). The summed E-state index contributed by atoms with van der Waals surface area (Å²) in [5.41, 5.74) is -0.247. The van der Waals surface area contributed by atoms with Crippen LogP contribution in [-0.2, 0) is 9.59 Å². The molecule has 1 aromatic carbocycles. The number of carbonyl (C=O) groups is 2. The molecule has 8 heteroatoms. The molecule has 1 atom stereocenters. The van der Waals surface area contributed by atoms with Crippen LogP contribution >= 0.6 is 0 Å². The zero-order chi connectivity index (χ0) is 16.1. The van der Waals surface area contributed by atoms with Crippen LogP contribution in [0.1, 0.15) is 19.3 Å². The van der Waals surface area contributed by atoms with Crippen LogP contribution in [0, 0.1) is 16.0 Å². The Morgan fingerprint density at radius 3 is 2.68 bits per heavy atom. The highest BCUT2D eigenvalue weighted by molar-refractivity contribution is 5.84. The van der Waals surface area contributed by atoms with Gasteiger partial charge >= 0.3 is 11.7 Å². The second-order valence-electron chi connectivity index (χ2n) is 5.15. The van der Waals surface area contributed by atoms with Crippen molar-refractivity contribution in [2.24, 2.45) is 5.92 Å². The molecule has 22 heavy (non-hydrogen) atoms. The second-order valence-corrected chi connectivity index (χ2v) is 5.15. The molecule has 1 unspecified atom stereocenters. The van der Waals surface area contributed by atoms with Gasteiger partial charge in [-0.25, -0.2) is 4.79 Å². The average molecular weight is 308 g/mol. The first-order valence-corrected chi connectivity index (χ1v) is 6.85. The second kappa shape index (κ2) is 6.88. The Morgan fingerprint density at radius 2 is 2.09 bits per heavy atom. The van der Waals surface area contributed by atoms with Gasteiger partial charge in [-0.3, -0.25) is 14.9 Å². The summed E-state index contributed by atoms with van der Waals surface area (Å²) >= 11 is 0. The summed E-state index contributed by atoms with van der Waals surface area (Å²) < 4.78 is 5.11. The Morgan fingerprint density at radius 1 is 1.41 bits per heavy atom. The maximum Gasteiger partial charge on any atom is 0.326 e. The van der Waals surface area contributed by atoms with Crippen molar-refractivity contribution in [3.8, 4) is 5.75 Å². The number of aliphatic carboxylic acids is 1. The van der Waals surface area contributed by atoms with Crippen LogP contribution in [0.15, 0.2) is 24.3 Å². The first-order chi connectivity index (χ1) is 10.5. The lowest BCUT2D eigenvalue weighted by Gasteiger charge is -2.14. The maximum atomic E-state index is 11.7. The van der Waals surface area contributed by atoms with Crippen molar-refractivity contribution in [2.75, 3.05) is 6.61 Å². The van der Waals surface area contributed by atoms with Gasteiger partial charge in [0.15, 0.2) is 12.4 Å². The Balaban J connectivity index is 1.89.